The van der Waals surface area contributed by atoms with Gasteiger partial charge in [-0.3, -0.25) is 9.59 Å². The third-order valence-corrected chi connectivity index (χ3v) is 3.82. The van der Waals surface area contributed by atoms with Crippen molar-refractivity contribution in [2.75, 3.05) is 25.5 Å². The number of carbonyl (C=O) groups is 2. The fourth-order valence-electron chi connectivity index (χ4n) is 2.24. The van der Waals surface area contributed by atoms with E-state index in [2.05, 4.69) is 5.32 Å². The number of ether oxygens (including phenoxy) is 1. The summed E-state index contributed by atoms with van der Waals surface area (Å²) in [5, 5.41) is 11.6. The highest BCUT2D eigenvalue weighted by Crippen LogP contribution is 2.16. The van der Waals surface area contributed by atoms with Gasteiger partial charge in [0, 0.05) is 12.7 Å². The number of nitriles is 1. The quantitative estimate of drug-likeness (QED) is 0.867. The number of nitrogens with one attached hydrogen (secondary N) is 1. The lowest BCUT2D eigenvalue weighted by Crippen LogP contribution is -2.37. The van der Waals surface area contributed by atoms with Gasteiger partial charge in [-0.25, -0.2) is 0 Å². The van der Waals surface area contributed by atoms with E-state index in [1.54, 1.807) is 31.3 Å². The molecular formula is C20H21N3O3. The molecule has 6 nitrogen and oxygen atoms in total. The van der Waals surface area contributed by atoms with Gasteiger partial charge in [-0.1, -0.05) is 12.1 Å². The fraction of sp³-hybridized carbons (Fsp3) is 0.250. The van der Waals surface area contributed by atoms with Crippen LogP contribution in [0.25, 0.3) is 0 Å². The lowest BCUT2D eigenvalue weighted by Gasteiger charge is -2.18. The van der Waals surface area contributed by atoms with E-state index in [4.69, 9.17) is 10.00 Å². The summed E-state index contributed by atoms with van der Waals surface area (Å²) in [7, 11) is 1.55. The predicted octanol–water partition coefficient (Wildman–Crippen LogP) is 2.65. The van der Waals surface area contributed by atoms with Crippen LogP contribution in [-0.4, -0.2) is 36.9 Å². The van der Waals surface area contributed by atoms with Crippen molar-refractivity contribution in [3.8, 4) is 11.8 Å². The minimum Gasteiger partial charge on any atom is -0.484 e. The molecule has 6 heteroatoms. The first-order valence-electron chi connectivity index (χ1n) is 8.13. The molecule has 134 valence electrons. The van der Waals surface area contributed by atoms with Crippen LogP contribution >= 0.6 is 0 Å². The third kappa shape index (κ3) is 5.35. The van der Waals surface area contributed by atoms with Crippen molar-refractivity contribution >= 4 is 17.5 Å². The van der Waals surface area contributed by atoms with Crippen LogP contribution in [-0.2, 0) is 9.59 Å². The van der Waals surface area contributed by atoms with Gasteiger partial charge in [0.1, 0.15) is 5.75 Å². The molecule has 26 heavy (non-hydrogen) atoms. The van der Waals surface area contributed by atoms with Crippen LogP contribution in [0.2, 0.25) is 0 Å². The number of rotatable bonds is 6. The summed E-state index contributed by atoms with van der Waals surface area (Å²) in [6, 6.07) is 14.3. The number of anilines is 1. The molecule has 0 saturated carbocycles. The number of likely N-dealkylation sites (N-methyl/N-ethyl adjacent to an activating group) is 1. The Kier molecular flexibility index (Phi) is 6.34. The Morgan fingerprint density at radius 2 is 1.85 bits per heavy atom. The first-order chi connectivity index (χ1) is 12.4. The van der Waals surface area contributed by atoms with Crippen molar-refractivity contribution in [1.29, 1.82) is 5.26 Å². The van der Waals surface area contributed by atoms with Gasteiger partial charge in [-0.05, 0) is 55.3 Å². The van der Waals surface area contributed by atoms with Crippen LogP contribution in [0.1, 0.15) is 16.7 Å². The first kappa shape index (κ1) is 19.0. The molecule has 0 saturated heterocycles. The lowest BCUT2D eigenvalue weighted by molar-refractivity contribution is -0.135. The Labute approximate surface area is 153 Å². The molecule has 0 radical (unpaired) electrons. The smallest absolute Gasteiger partial charge is 0.260 e. The topological polar surface area (TPSA) is 82.4 Å². The summed E-state index contributed by atoms with van der Waals surface area (Å²) in [6.07, 6.45) is 0. The van der Waals surface area contributed by atoms with Crippen LogP contribution in [0, 0.1) is 25.2 Å². The first-order valence-corrected chi connectivity index (χ1v) is 8.13. The molecule has 2 amide bonds. The second-order valence-electron chi connectivity index (χ2n) is 6.04. The molecule has 0 bridgehead atoms. The summed E-state index contributed by atoms with van der Waals surface area (Å²) < 4.78 is 5.39. The van der Waals surface area contributed by atoms with E-state index in [-0.39, 0.29) is 25.0 Å². The van der Waals surface area contributed by atoms with E-state index in [0.29, 0.717) is 11.3 Å². The third-order valence-electron chi connectivity index (χ3n) is 3.82. The fourth-order valence-corrected chi connectivity index (χ4v) is 2.24. The molecule has 0 heterocycles. The molecular weight excluding hydrogens is 330 g/mol. The van der Waals surface area contributed by atoms with Gasteiger partial charge in [0.15, 0.2) is 6.61 Å². The van der Waals surface area contributed by atoms with Crippen LogP contribution in [0.4, 0.5) is 5.69 Å². The maximum atomic E-state index is 12.2. The van der Waals surface area contributed by atoms with Gasteiger partial charge in [-0.15, -0.1) is 0 Å². The SMILES string of the molecule is Cc1ccc(C)c(NC(=O)CN(C)C(=O)COc2ccc(C#N)cc2)c1. The van der Waals surface area contributed by atoms with Crippen molar-refractivity contribution < 1.29 is 14.3 Å². The number of amides is 2. The monoisotopic (exact) mass is 351 g/mol. The number of aryl methyl sites for hydroxylation is 2. The molecule has 0 aliphatic rings. The standard InChI is InChI=1S/C20H21N3O3/c1-14-4-5-15(2)18(10-14)22-19(24)12-23(3)20(25)13-26-17-8-6-16(11-21)7-9-17/h4-10H,12-13H2,1-3H3,(H,22,24). The zero-order valence-electron chi connectivity index (χ0n) is 15.1. The van der Waals surface area contributed by atoms with Crippen molar-refractivity contribution in [3.63, 3.8) is 0 Å². The average molecular weight is 351 g/mol. The molecule has 0 aliphatic carbocycles. The molecule has 0 atom stereocenters. The summed E-state index contributed by atoms with van der Waals surface area (Å²) in [4.78, 5) is 25.6. The molecule has 0 aromatic heterocycles. The number of nitrogens with zero attached hydrogens (tertiary/aromatic N) is 2. The molecule has 2 rings (SSSR count). The molecule has 0 fully saturated rings. The van der Waals surface area contributed by atoms with Crippen LogP contribution in [0.5, 0.6) is 5.75 Å². The van der Waals surface area contributed by atoms with E-state index in [1.165, 1.54) is 4.90 Å². The van der Waals surface area contributed by atoms with E-state index in [0.717, 1.165) is 16.8 Å². The second kappa shape index (κ2) is 8.67. The summed E-state index contributed by atoms with van der Waals surface area (Å²) in [5.74, 6) is -0.0935. The van der Waals surface area contributed by atoms with Crippen LogP contribution in [0.15, 0.2) is 42.5 Å². The maximum Gasteiger partial charge on any atom is 0.260 e. The van der Waals surface area contributed by atoms with Gasteiger partial charge < -0.3 is 15.0 Å². The van der Waals surface area contributed by atoms with Crippen LogP contribution in [0.3, 0.4) is 0 Å². The number of benzene rings is 2. The predicted molar refractivity (Wildman–Crippen MR) is 98.8 cm³/mol. The maximum absolute atomic E-state index is 12.2. The van der Waals surface area contributed by atoms with Crippen molar-refractivity contribution in [2.24, 2.45) is 0 Å². The van der Waals surface area contributed by atoms with E-state index in [1.807, 2.05) is 38.1 Å². The Balaban J connectivity index is 1.84. The minimum atomic E-state index is -0.314. The number of hydrogen-bond acceptors (Lipinski definition) is 4. The second-order valence-corrected chi connectivity index (χ2v) is 6.04. The average Bonchev–Trinajstić information content (AvgIpc) is 2.63. The summed E-state index contributed by atoms with van der Waals surface area (Å²) >= 11 is 0. The molecule has 0 aliphatic heterocycles. The van der Waals surface area contributed by atoms with Gasteiger partial charge in [-0.2, -0.15) is 5.26 Å². The van der Waals surface area contributed by atoms with Crippen molar-refractivity contribution in [3.05, 3.63) is 59.2 Å². The largest absolute Gasteiger partial charge is 0.484 e. The van der Waals surface area contributed by atoms with E-state index >= 15 is 0 Å². The van der Waals surface area contributed by atoms with E-state index in [9.17, 15) is 9.59 Å². The van der Waals surface area contributed by atoms with Gasteiger partial charge in [0.2, 0.25) is 5.91 Å². The highest BCUT2D eigenvalue weighted by Gasteiger charge is 2.14. The Morgan fingerprint density at radius 1 is 1.15 bits per heavy atom. The summed E-state index contributed by atoms with van der Waals surface area (Å²) in [5.41, 5.74) is 3.27. The Bertz CT molecular complexity index is 838. The molecule has 2 aromatic carbocycles. The highest BCUT2D eigenvalue weighted by molar-refractivity contribution is 5.95. The zero-order chi connectivity index (χ0) is 19.1. The van der Waals surface area contributed by atoms with Gasteiger partial charge in [0.25, 0.3) is 5.91 Å². The van der Waals surface area contributed by atoms with Crippen molar-refractivity contribution in [1.82, 2.24) is 4.90 Å². The molecule has 1 N–H and O–H groups in total. The Morgan fingerprint density at radius 3 is 2.50 bits per heavy atom. The lowest BCUT2D eigenvalue weighted by atomic mass is 10.1. The molecule has 0 unspecified atom stereocenters. The minimum absolute atomic E-state index is 0.0665. The molecule has 0 spiro atoms. The number of hydrogen-bond donors (Lipinski definition) is 1. The number of carbonyl (C=O) groups excluding carboxylic acids is 2. The van der Waals surface area contributed by atoms with Crippen LogP contribution < -0.4 is 10.1 Å². The van der Waals surface area contributed by atoms with E-state index < -0.39 is 0 Å². The zero-order valence-corrected chi connectivity index (χ0v) is 15.1. The Hall–Kier alpha value is -3.33. The highest BCUT2D eigenvalue weighted by atomic mass is 16.5. The molecule has 2 aromatic rings. The van der Waals surface area contributed by atoms with Gasteiger partial charge >= 0.3 is 0 Å². The normalized spacial score (nSPS) is 9.92. The summed E-state index contributed by atoms with van der Waals surface area (Å²) in [6.45, 7) is 3.61. The van der Waals surface area contributed by atoms with Crippen molar-refractivity contribution in [2.45, 2.75) is 13.8 Å². The van der Waals surface area contributed by atoms with Gasteiger partial charge in [0.05, 0.1) is 18.2 Å².